The van der Waals surface area contributed by atoms with E-state index in [1.807, 2.05) is 30.3 Å². The van der Waals surface area contributed by atoms with Crippen LogP contribution in [-0.2, 0) is 4.74 Å². The minimum absolute atomic E-state index is 0.337. The molecule has 0 aliphatic rings. The highest BCUT2D eigenvalue weighted by atomic mass is 16.5. The third-order valence-electron chi connectivity index (χ3n) is 2.86. The fraction of sp³-hybridized carbons (Fsp3) is 0.0714. The fourth-order valence-corrected chi connectivity index (χ4v) is 1.90. The number of aromatic nitrogens is 3. The predicted octanol–water partition coefficient (Wildman–Crippen LogP) is 2.41. The maximum atomic E-state index is 11.4. The number of carbonyl (C=O) groups excluding carboxylic acids is 1. The van der Waals surface area contributed by atoms with Crippen LogP contribution in [0.4, 0.5) is 0 Å². The first kappa shape index (κ1) is 11.4. The predicted molar refractivity (Wildman–Crippen MR) is 70.7 cm³/mol. The summed E-state index contributed by atoms with van der Waals surface area (Å²) < 4.78 is 4.64. The van der Waals surface area contributed by atoms with Crippen LogP contribution >= 0.6 is 0 Å². The Bertz CT molecular complexity index is 749. The van der Waals surface area contributed by atoms with Crippen LogP contribution in [0.25, 0.3) is 22.3 Å². The summed E-state index contributed by atoms with van der Waals surface area (Å²) in [4.78, 5) is 22.7. The number of nitrogens with one attached hydrogen (secondary N) is 1. The minimum atomic E-state index is -0.429. The number of hydrogen-bond acceptors (Lipinski definition) is 4. The van der Waals surface area contributed by atoms with E-state index < -0.39 is 5.97 Å². The number of rotatable bonds is 2. The Morgan fingerprint density at radius 1 is 1.26 bits per heavy atom. The second-order valence-electron chi connectivity index (χ2n) is 4.05. The average Bonchev–Trinajstić information content (AvgIpc) is 2.95. The van der Waals surface area contributed by atoms with Gasteiger partial charge in [-0.15, -0.1) is 0 Å². The first-order valence-electron chi connectivity index (χ1n) is 5.76. The molecule has 0 aliphatic carbocycles. The highest BCUT2D eigenvalue weighted by Crippen LogP contribution is 2.21. The van der Waals surface area contributed by atoms with E-state index in [0.717, 1.165) is 16.5 Å². The van der Waals surface area contributed by atoms with Crippen LogP contribution in [0.2, 0.25) is 0 Å². The Balaban J connectivity index is 2.04. The average molecular weight is 253 g/mol. The molecule has 0 saturated carbocycles. The van der Waals surface area contributed by atoms with Gasteiger partial charge in [0.05, 0.1) is 18.8 Å². The third kappa shape index (κ3) is 2.06. The maximum Gasteiger partial charge on any atom is 0.356 e. The van der Waals surface area contributed by atoms with Crippen molar-refractivity contribution in [2.45, 2.75) is 0 Å². The molecule has 1 N–H and O–H groups in total. The molecule has 0 unspecified atom stereocenters. The number of pyridine rings is 1. The summed E-state index contributed by atoms with van der Waals surface area (Å²) in [5.41, 5.74) is 2.16. The highest BCUT2D eigenvalue weighted by Gasteiger charge is 2.10. The molecule has 0 spiro atoms. The monoisotopic (exact) mass is 253 g/mol. The van der Waals surface area contributed by atoms with Gasteiger partial charge in [-0.1, -0.05) is 6.07 Å². The van der Waals surface area contributed by atoms with Crippen LogP contribution < -0.4 is 0 Å². The molecule has 0 atom stereocenters. The number of ether oxygens (including phenoxy) is 1. The van der Waals surface area contributed by atoms with Crippen molar-refractivity contribution in [1.29, 1.82) is 0 Å². The van der Waals surface area contributed by atoms with Gasteiger partial charge in [0, 0.05) is 17.1 Å². The van der Waals surface area contributed by atoms with Gasteiger partial charge in [-0.25, -0.2) is 9.78 Å². The molecule has 3 aromatic rings. The molecule has 0 saturated heterocycles. The van der Waals surface area contributed by atoms with Gasteiger partial charge in [0.2, 0.25) is 0 Å². The molecule has 1 aromatic carbocycles. The molecule has 0 aliphatic heterocycles. The molecule has 0 radical (unpaired) electrons. The van der Waals surface area contributed by atoms with Gasteiger partial charge in [-0.3, -0.25) is 4.98 Å². The van der Waals surface area contributed by atoms with Crippen molar-refractivity contribution in [2.75, 3.05) is 7.11 Å². The lowest BCUT2D eigenvalue weighted by Gasteiger charge is -2.00. The lowest BCUT2D eigenvalue weighted by Crippen LogP contribution is -2.00. The normalized spacial score (nSPS) is 10.6. The number of esters is 1. The lowest BCUT2D eigenvalue weighted by atomic mass is 10.1. The van der Waals surface area contributed by atoms with Crippen molar-refractivity contribution in [2.24, 2.45) is 0 Å². The van der Waals surface area contributed by atoms with Crippen molar-refractivity contribution in [3.63, 3.8) is 0 Å². The van der Waals surface area contributed by atoms with E-state index in [0.29, 0.717) is 11.5 Å². The quantitative estimate of drug-likeness (QED) is 0.712. The molecule has 0 fully saturated rings. The number of fused-ring (bicyclic) bond motifs is 1. The number of hydrogen-bond donors (Lipinski definition) is 1. The number of nitrogens with zero attached hydrogens (tertiary/aromatic N) is 2. The van der Waals surface area contributed by atoms with Crippen molar-refractivity contribution in [3.8, 4) is 11.4 Å². The standard InChI is InChI=1S/C14H11N3O2/c1-19-14(18)12-8-16-13(17-12)10-4-5-11-9(7-10)3-2-6-15-11/h2-8H,1H3,(H,16,17). The Labute approximate surface area is 109 Å². The van der Waals surface area contributed by atoms with Gasteiger partial charge in [-0.05, 0) is 24.3 Å². The molecule has 2 heterocycles. The molecule has 19 heavy (non-hydrogen) atoms. The van der Waals surface area contributed by atoms with E-state index >= 15 is 0 Å². The van der Waals surface area contributed by atoms with Crippen LogP contribution in [0.1, 0.15) is 10.5 Å². The van der Waals surface area contributed by atoms with E-state index in [4.69, 9.17) is 0 Å². The van der Waals surface area contributed by atoms with E-state index in [9.17, 15) is 4.79 Å². The second kappa shape index (κ2) is 4.53. The Morgan fingerprint density at radius 3 is 3.00 bits per heavy atom. The first-order valence-corrected chi connectivity index (χ1v) is 5.76. The topological polar surface area (TPSA) is 67.9 Å². The molecule has 3 rings (SSSR count). The molecule has 5 nitrogen and oxygen atoms in total. The van der Waals surface area contributed by atoms with Crippen molar-refractivity contribution in [1.82, 2.24) is 15.0 Å². The summed E-state index contributed by atoms with van der Waals surface area (Å²) in [5, 5.41) is 1.02. The second-order valence-corrected chi connectivity index (χ2v) is 4.05. The summed E-state index contributed by atoms with van der Waals surface area (Å²) in [6.07, 6.45) is 3.22. The van der Waals surface area contributed by atoms with Gasteiger partial charge >= 0.3 is 5.97 Å². The summed E-state index contributed by atoms with van der Waals surface area (Å²) in [7, 11) is 1.34. The lowest BCUT2D eigenvalue weighted by molar-refractivity contribution is 0.0595. The molecule has 0 bridgehead atoms. The Kier molecular flexibility index (Phi) is 2.72. The summed E-state index contributed by atoms with van der Waals surface area (Å²) in [6, 6.07) is 9.67. The Morgan fingerprint density at radius 2 is 2.16 bits per heavy atom. The van der Waals surface area contributed by atoms with Gasteiger partial charge in [0.15, 0.2) is 0 Å². The van der Waals surface area contributed by atoms with Crippen molar-refractivity contribution >= 4 is 16.9 Å². The zero-order valence-corrected chi connectivity index (χ0v) is 10.3. The van der Waals surface area contributed by atoms with Gasteiger partial charge in [0.1, 0.15) is 11.5 Å². The van der Waals surface area contributed by atoms with E-state index in [1.165, 1.54) is 13.3 Å². The zero-order valence-electron chi connectivity index (χ0n) is 10.3. The molecular weight excluding hydrogens is 242 g/mol. The zero-order chi connectivity index (χ0) is 13.2. The van der Waals surface area contributed by atoms with E-state index in [1.54, 1.807) is 6.20 Å². The van der Waals surface area contributed by atoms with Gasteiger partial charge in [-0.2, -0.15) is 0 Å². The summed E-state index contributed by atoms with van der Waals surface area (Å²) in [5.74, 6) is 0.201. The number of carbonyl (C=O) groups is 1. The highest BCUT2D eigenvalue weighted by molar-refractivity contribution is 5.88. The van der Waals surface area contributed by atoms with Crippen LogP contribution in [0.15, 0.2) is 42.7 Å². The first-order chi connectivity index (χ1) is 9.28. The molecule has 5 heteroatoms. The maximum absolute atomic E-state index is 11.4. The van der Waals surface area contributed by atoms with Gasteiger partial charge < -0.3 is 9.72 Å². The van der Waals surface area contributed by atoms with E-state index in [-0.39, 0.29) is 0 Å². The van der Waals surface area contributed by atoms with E-state index in [2.05, 4.69) is 19.7 Å². The largest absolute Gasteiger partial charge is 0.464 e. The molecular formula is C14H11N3O2. The number of methoxy groups -OCH3 is 1. The van der Waals surface area contributed by atoms with Crippen molar-refractivity contribution < 1.29 is 9.53 Å². The number of H-pyrrole nitrogens is 1. The number of imidazole rings is 1. The molecule has 94 valence electrons. The fourth-order valence-electron chi connectivity index (χ4n) is 1.90. The third-order valence-corrected chi connectivity index (χ3v) is 2.86. The van der Waals surface area contributed by atoms with Crippen LogP contribution in [-0.4, -0.2) is 28.0 Å². The minimum Gasteiger partial charge on any atom is -0.464 e. The van der Waals surface area contributed by atoms with Gasteiger partial charge in [0.25, 0.3) is 0 Å². The number of benzene rings is 1. The number of aromatic amines is 1. The SMILES string of the molecule is COC(=O)c1cnc(-c2ccc3ncccc3c2)[nH]1. The van der Waals surface area contributed by atoms with Crippen LogP contribution in [0, 0.1) is 0 Å². The van der Waals surface area contributed by atoms with Crippen molar-refractivity contribution in [3.05, 3.63) is 48.4 Å². The van der Waals surface area contributed by atoms with Crippen LogP contribution in [0.3, 0.4) is 0 Å². The molecule has 2 aromatic heterocycles. The smallest absolute Gasteiger partial charge is 0.356 e. The molecule has 0 amide bonds. The summed E-state index contributed by atoms with van der Waals surface area (Å²) >= 11 is 0. The summed E-state index contributed by atoms with van der Waals surface area (Å²) in [6.45, 7) is 0. The Hall–Kier alpha value is -2.69. The van der Waals surface area contributed by atoms with Crippen LogP contribution in [0.5, 0.6) is 0 Å².